The van der Waals surface area contributed by atoms with Crippen molar-refractivity contribution in [2.45, 2.75) is 18.5 Å². The molecule has 2 aromatic rings. The minimum absolute atomic E-state index is 0.0933. The van der Waals surface area contributed by atoms with Crippen molar-refractivity contribution in [2.75, 3.05) is 20.2 Å². The Labute approximate surface area is 137 Å². The van der Waals surface area contributed by atoms with E-state index in [0.717, 1.165) is 12.7 Å². The van der Waals surface area contributed by atoms with Crippen LogP contribution in [-0.2, 0) is 9.53 Å². The van der Waals surface area contributed by atoms with Crippen LogP contribution in [0.25, 0.3) is 11.3 Å². The van der Waals surface area contributed by atoms with E-state index in [4.69, 9.17) is 0 Å². The predicted molar refractivity (Wildman–Crippen MR) is 82.8 cm³/mol. The number of esters is 1. The van der Waals surface area contributed by atoms with E-state index in [1.807, 2.05) is 30.3 Å². The first-order valence-corrected chi connectivity index (χ1v) is 7.58. The molecule has 1 fully saturated rings. The third-order valence-electron chi connectivity index (χ3n) is 4.19. The second-order valence-electron chi connectivity index (χ2n) is 5.64. The largest absolute Gasteiger partial charge is 0.467 e. The fourth-order valence-electron chi connectivity index (χ4n) is 2.78. The SMILES string of the molecule is COC(=O)C1(F)CCN(C(=O)c2n[nH]nc2-c2ccccc2)CC1. The van der Waals surface area contributed by atoms with Crippen molar-refractivity contribution < 1.29 is 18.7 Å². The van der Waals surface area contributed by atoms with Gasteiger partial charge in [-0.25, -0.2) is 9.18 Å². The lowest BCUT2D eigenvalue weighted by molar-refractivity contribution is -0.157. The molecule has 24 heavy (non-hydrogen) atoms. The van der Waals surface area contributed by atoms with Crippen molar-refractivity contribution in [2.24, 2.45) is 0 Å². The Bertz CT molecular complexity index is 739. The highest BCUT2D eigenvalue weighted by atomic mass is 19.1. The molecule has 1 aliphatic rings. The van der Waals surface area contributed by atoms with Crippen LogP contribution < -0.4 is 0 Å². The van der Waals surface area contributed by atoms with Gasteiger partial charge in [-0.2, -0.15) is 15.4 Å². The lowest BCUT2D eigenvalue weighted by atomic mass is 9.93. The maximum Gasteiger partial charge on any atom is 0.343 e. The van der Waals surface area contributed by atoms with Crippen LogP contribution in [0.15, 0.2) is 30.3 Å². The van der Waals surface area contributed by atoms with Crippen molar-refractivity contribution in [3.05, 3.63) is 36.0 Å². The Morgan fingerprint density at radius 1 is 1.21 bits per heavy atom. The number of aromatic amines is 1. The molecule has 8 heteroatoms. The number of alkyl halides is 1. The number of carbonyl (C=O) groups is 2. The Morgan fingerprint density at radius 3 is 2.50 bits per heavy atom. The monoisotopic (exact) mass is 332 g/mol. The quantitative estimate of drug-likeness (QED) is 0.862. The molecule has 0 spiro atoms. The summed E-state index contributed by atoms with van der Waals surface area (Å²) in [6.45, 7) is 0.233. The van der Waals surface area contributed by atoms with Crippen LogP contribution in [0.3, 0.4) is 0 Å². The van der Waals surface area contributed by atoms with Gasteiger partial charge < -0.3 is 9.64 Å². The molecule has 1 N–H and O–H groups in total. The molecular formula is C16H17FN4O3. The molecule has 126 valence electrons. The summed E-state index contributed by atoms with van der Waals surface area (Å²) in [4.78, 5) is 25.7. The average Bonchev–Trinajstić information content (AvgIpc) is 3.11. The molecule has 2 heterocycles. The Morgan fingerprint density at radius 2 is 1.88 bits per heavy atom. The molecule has 0 atom stereocenters. The van der Waals surface area contributed by atoms with Crippen LogP contribution >= 0.6 is 0 Å². The number of nitrogens with one attached hydrogen (secondary N) is 1. The van der Waals surface area contributed by atoms with Crippen molar-refractivity contribution >= 4 is 11.9 Å². The summed E-state index contributed by atoms with van der Waals surface area (Å²) >= 11 is 0. The molecular weight excluding hydrogens is 315 g/mol. The zero-order chi connectivity index (χ0) is 17.2. The summed E-state index contributed by atoms with van der Waals surface area (Å²) in [6.07, 6.45) is -0.187. The first-order valence-electron chi connectivity index (χ1n) is 7.58. The van der Waals surface area contributed by atoms with E-state index in [0.29, 0.717) is 5.69 Å². The molecule has 3 rings (SSSR count). The van der Waals surface area contributed by atoms with E-state index in [1.54, 1.807) is 0 Å². The average molecular weight is 332 g/mol. The zero-order valence-corrected chi connectivity index (χ0v) is 13.2. The van der Waals surface area contributed by atoms with Gasteiger partial charge in [0.2, 0.25) is 5.67 Å². The molecule has 1 saturated heterocycles. The third kappa shape index (κ3) is 2.86. The first-order chi connectivity index (χ1) is 11.5. The van der Waals surface area contributed by atoms with Crippen molar-refractivity contribution in [3.63, 3.8) is 0 Å². The summed E-state index contributed by atoms with van der Waals surface area (Å²) in [7, 11) is 1.16. The number of amides is 1. The summed E-state index contributed by atoms with van der Waals surface area (Å²) in [5, 5.41) is 10.4. The van der Waals surface area contributed by atoms with Gasteiger partial charge in [-0.05, 0) is 0 Å². The zero-order valence-electron chi connectivity index (χ0n) is 13.2. The van der Waals surface area contributed by atoms with Crippen LogP contribution in [0.4, 0.5) is 4.39 Å². The van der Waals surface area contributed by atoms with Crippen molar-refractivity contribution in [1.82, 2.24) is 20.3 Å². The van der Waals surface area contributed by atoms with Gasteiger partial charge >= 0.3 is 5.97 Å². The van der Waals surface area contributed by atoms with E-state index in [2.05, 4.69) is 20.1 Å². The standard InChI is InChI=1S/C16H17FN4O3/c1-24-15(23)16(17)7-9-21(10-8-16)14(22)13-12(18-20-19-13)11-5-3-2-4-6-11/h2-6H,7-10H2,1H3,(H,18,19,20). The summed E-state index contributed by atoms with van der Waals surface area (Å²) < 4.78 is 18.9. The van der Waals surface area contributed by atoms with Crippen LogP contribution in [0, 0.1) is 0 Å². The van der Waals surface area contributed by atoms with Gasteiger partial charge in [0.25, 0.3) is 5.91 Å². The Kier molecular flexibility index (Phi) is 4.28. The van der Waals surface area contributed by atoms with Crippen LogP contribution in [0.5, 0.6) is 0 Å². The van der Waals surface area contributed by atoms with Crippen molar-refractivity contribution in [1.29, 1.82) is 0 Å². The fourth-order valence-corrected chi connectivity index (χ4v) is 2.78. The van der Waals surface area contributed by atoms with Crippen LogP contribution in [0.1, 0.15) is 23.3 Å². The predicted octanol–water partition coefficient (Wildman–Crippen LogP) is 1.59. The lowest BCUT2D eigenvalue weighted by Crippen LogP contribution is -2.48. The van der Waals surface area contributed by atoms with Gasteiger partial charge in [0.1, 0.15) is 5.69 Å². The van der Waals surface area contributed by atoms with E-state index >= 15 is 0 Å². The molecule has 0 saturated carbocycles. The molecule has 1 amide bonds. The smallest absolute Gasteiger partial charge is 0.343 e. The van der Waals surface area contributed by atoms with E-state index in [9.17, 15) is 14.0 Å². The minimum Gasteiger partial charge on any atom is -0.467 e. The number of H-pyrrole nitrogens is 1. The number of hydrogen-bond acceptors (Lipinski definition) is 5. The highest BCUT2D eigenvalue weighted by Crippen LogP contribution is 2.29. The number of likely N-dealkylation sites (tertiary alicyclic amines) is 1. The minimum atomic E-state index is -2.03. The topological polar surface area (TPSA) is 88.2 Å². The molecule has 0 radical (unpaired) electrons. The second kappa shape index (κ2) is 6.38. The first kappa shape index (κ1) is 16.1. The molecule has 1 aliphatic heterocycles. The number of rotatable bonds is 3. The lowest BCUT2D eigenvalue weighted by Gasteiger charge is -2.34. The van der Waals surface area contributed by atoms with Gasteiger partial charge in [-0.3, -0.25) is 4.79 Å². The Balaban J connectivity index is 1.76. The maximum atomic E-state index is 14.4. The van der Waals surface area contributed by atoms with Crippen LogP contribution in [-0.4, -0.2) is 58.1 Å². The number of halogens is 1. The molecule has 1 aromatic heterocycles. The number of nitrogens with zero attached hydrogens (tertiary/aromatic N) is 3. The number of methoxy groups -OCH3 is 1. The van der Waals surface area contributed by atoms with E-state index < -0.39 is 11.6 Å². The molecule has 0 unspecified atom stereocenters. The number of hydrogen-bond donors (Lipinski definition) is 1. The van der Waals surface area contributed by atoms with Gasteiger partial charge in [0.15, 0.2) is 5.69 Å². The normalized spacial score (nSPS) is 16.7. The Hall–Kier alpha value is -2.77. The van der Waals surface area contributed by atoms with Crippen LogP contribution in [0.2, 0.25) is 0 Å². The fraction of sp³-hybridized carbons (Fsp3) is 0.375. The van der Waals surface area contributed by atoms with E-state index in [-0.39, 0.29) is 37.5 Å². The summed E-state index contributed by atoms with van der Waals surface area (Å²) in [5.74, 6) is -1.23. The number of piperidine rings is 1. The van der Waals surface area contributed by atoms with Gasteiger partial charge in [0.05, 0.1) is 7.11 Å². The highest BCUT2D eigenvalue weighted by molar-refractivity contribution is 5.98. The number of carbonyl (C=O) groups excluding carboxylic acids is 2. The van der Waals surface area contributed by atoms with Gasteiger partial charge in [-0.1, -0.05) is 30.3 Å². The van der Waals surface area contributed by atoms with E-state index in [1.165, 1.54) is 4.90 Å². The molecule has 0 bridgehead atoms. The summed E-state index contributed by atoms with van der Waals surface area (Å²) in [5.41, 5.74) is -0.630. The highest BCUT2D eigenvalue weighted by Gasteiger charge is 2.44. The van der Waals surface area contributed by atoms with Gasteiger partial charge in [0, 0.05) is 31.5 Å². The number of aromatic nitrogens is 3. The third-order valence-corrected chi connectivity index (χ3v) is 4.19. The number of benzene rings is 1. The second-order valence-corrected chi connectivity index (χ2v) is 5.64. The summed E-state index contributed by atoms with van der Waals surface area (Å²) in [6, 6.07) is 9.20. The molecule has 1 aromatic carbocycles. The molecule has 7 nitrogen and oxygen atoms in total. The van der Waals surface area contributed by atoms with Crippen molar-refractivity contribution in [3.8, 4) is 11.3 Å². The molecule has 0 aliphatic carbocycles. The maximum absolute atomic E-state index is 14.4. The number of ether oxygens (including phenoxy) is 1. The van der Waals surface area contributed by atoms with Gasteiger partial charge in [-0.15, -0.1) is 0 Å².